The predicted octanol–water partition coefficient (Wildman–Crippen LogP) is 5.48. The minimum absolute atomic E-state index is 1.10. The molecule has 0 N–H and O–H groups in total. The van der Waals surface area contributed by atoms with E-state index in [1.807, 2.05) is 42.8 Å². The monoisotopic (exact) mass is 265 g/mol. The molecule has 0 aliphatic heterocycles. The molecule has 0 bridgehead atoms. The van der Waals surface area contributed by atoms with Crippen molar-refractivity contribution in [1.82, 2.24) is 4.57 Å². The van der Waals surface area contributed by atoms with Gasteiger partial charge in [-0.1, -0.05) is 61.6 Å². The zero-order valence-electron chi connectivity index (χ0n) is 12.4. The van der Waals surface area contributed by atoms with E-state index in [2.05, 4.69) is 55.3 Å². The summed E-state index contributed by atoms with van der Waals surface area (Å²) in [6.45, 7) is 7.74. The Hall–Kier alpha value is -2.28. The van der Waals surface area contributed by atoms with Gasteiger partial charge in [0.15, 0.2) is 0 Å². The summed E-state index contributed by atoms with van der Waals surface area (Å²) in [5.41, 5.74) is 2.51. The van der Waals surface area contributed by atoms with Crippen molar-refractivity contribution in [2.45, 2.75) is 20.3 Å². The topological polar surface area (TPSA) is 4.93 Å². The van der Waals surface area contributed by atoms with Gasteiger partial charge in [-0.3, -0.25) is 0 Å². The van der Waals surface area contributed by atoms with Crippen molar-refractivity contribution in [2.24, 2.45) is 0 Å². The summed E-state index contributed by atoms with van der Waals surface area (Å²) in [5, 5.41) is 0. The fraction of sp³-hybridized carbons (Fsp3) is 0.158. The fourth-order valence-electron chi connectivity index (χ4n) is 1.58. The second kappa shape index (κ2) is 9.62. The van der Waals surface area contributed by atoms with Crippen molar-refractivity contribution < 1.29 is 0 Å². The molecule has 0 saturated carbocycles. The van der Waals surface area contributed by atoms with Crippen molar-refractivity contribution in [1.29, 1.82) is 0 Å². The molecule has 0 spiro atoms. The van der Waals surface area contributed by atoms with Gasteiger partial charge in [0.05, 0.1) is 0 Å². The van der Waals surface area contributed by atoms with Gasteiger partial charge in [-0.2, -0.15) is 0 Å². The number of allylic oxidation sites excluding steroid dienone is 5. The van der Waals surface area contributed by atoms with Crippen LogP contribution in [0.5, 0.6) is 0 Å². The second-order valence-corrected chi connectivity index (χ2v) is 4.38. The number of aromatic nitrogens is 1. The summed E-state index contributed by atoms with van der Waals surface area (Å²) in [5.74, 6) is 0. The van der Waals surface area contributed by atoms with Gasteiger partial charge in [-0.05, 0) is 37.6 Å². The van der Waals surface area contributed by atoms with E-state index in [1.54, 1.807) is 6.08 Å². The molecular formula is C19H23N. The van der Waals surface area contributed by atoms with Crippen LogP contribution in [0.25, 0.3) is 5.69 Å². The maximum Gasteiger partial charge on any atom is 0.0449 e. The summed E-state index contributed by atoms with van der Waals surface area (Å²) in [6, 6.07) is 12.5. The van der Waals surface area contributed by atoms with E-state index in [9.17, 15) is 0 Å². The second-order valence-electron chi connectivity index (χ2n) is 4.38. The molecule has 2 rings (SSSR count). The molecule has 0 saturated heterocycles. The molecule has 1 aromatic carbocycles. The lowest BCUT2D eigenvalue weighted by molar-refractivity contribution is 1.08. The molecule has 1 aromatic heterocycles. The molecule has 0 unspecified atom stereocenters. The first kappa shape index (κ1) is 15.8. The third-order valence-electron chi connectivity index (χ3n) is 2.67. The van der Waals surface area contributed by atoms with E-state index in [0.717, 1.165) is 6.42 Å². The number of aryl methyl sites for hydroxylation is 1. The molecule has 0 aliphatic carbocycles. The molecule has 0 aliphatic rings. The molecule has 104 valence electrons. The maximum absolute atomic E-state index is 3.54. The summed E-state index contributed by atoms with van der Waals surface area (Å²) < 4.78 is 2.10. The molecule has 0 amide bonds. The van der Waals surface area contributed by atoms with Gasteiger partial charge < -0.3 is 4.57 Å². The Labute approximate surface area is 122 Å². The smallest absolute Gasteiger partial charge is 0.0449 e. The van der Waals surface area contributed by atoms with Crippen LogP contribution in [0.15, 0.2) is 85.8 Å². The van der Waals surface area contributed by atoms with Gasteiger partial charge in [0, 0.05) is 18.1 Å². The highest BCUT2D eigenvalue weighted by atomic mass is 14.9. The fourth-order valence-corrected chi connectivity index (χ4v) is 1.58. The summed E-state index contributed by atoms with van der Waals surface area (Å²) >= 11 is 0. The van der Waals surface area contributed by atoms with Crippen LogP contribution in [0.2, 0.25) is 0 Å². The van der Waals surface area contributed by atoms with Gasteiger partial charge in [-0.15, -0.1) is 0 Å². The van der Waals surface area contributed by atoms with Gasteiger partial charge in [0.25, 0.3) is 0 Å². The van der Waals surface area contributed by atoms with E-state index in [-0.39, 0.29) is 0 Å². The van der Waals surface area contributed by atoms with Crippen LogP contribution in [0, 0.1) is 6.92 Å². The zero-order chi connectivity index (χ0) is 14.6. The largest absolute Gasteiger partial charge is 0.324 e. The molecule has 2 aromatic rings. The molecule has 20 heavy (non-hydrogen) atoms. The zero-order valence-corrected chi connectivity index (χ0v) is 12.4. The minimum atomic E-state index is 1.10. The van der Waals surface area contributed by atoms with E-state index >= 15 is 0 Å². The van der Waals surface area contributed by atoms with Crippen LogP contribution in [-0.4, -0.2) is 4.57 Å². The van der Waals surface area contributed by atoms with Crippen LogP contribution in [0.4, 0.5) is 0 Å². The van der Waals surface area contributed by atoms with E-state index in [1.165, 1.54) is 11.3 Å². The molecule has 1 heteroatoms. The molecular weight excluding hydrogens is 242 g/mol. The summed E-state index contributed by atoms with van der Waals surface area (Å²) in [7, 11) is 0. The van der Waals surface area contributed by atoms with Crippen LogP contribution in [0.3, 0.4) is 0 Å². The van der Waals surface area contributed by atoms with Crippen LogP contribution in [-0.2, 0) is 0 Å². The molecule has 0 atom stereocenters. The highest BCUT2D eigenvalue weighted by Gasteiger charge is 1.91. The molecule has 0 fully saturated rings. The van der Waals surface area contributed by atoms with E-state index in [0.29, 0.717) is 0 Å². The first-order valence-electron chi connectivity index (χ1n) is 6.92. The van der Waals surface area contributed by atoms with Crippen molar-refractivity contribution in [2.75, 3.05) is 0 Å². The maximum atomic E-state index is 3.54. The van der Waals surface area contributed by atoms with Crippen molar-refractivity contribution in [3.8, 4) is 5.69 Å². The number of hydrogen-bond donors (Lipinski definition) is 0. The molecule has 1 nitrogen and oxygen atoms in total. The van der Waals surface area contributed by atoms with Gasteiger partial charge in [0.2, 0.25) is 0 Å². The number of benzene rings is 1. The van der Waals surface area contributed by atoms with Crippen LogP contribution < -0.4 is 0 Å². The lowest BCUT2D eigenvalue weighted by Gasteiger charge is -2.01. The Morgan fingerprint density at radius 3 is 2.20 bits per heavy atom. The van der Waals surface area contributed by atoms with E-state index in [4.69, 9.17) is 0 Å². The Kier molecular flexibility index (Phi) is 7.59. The standard InChI is InChI=1S/C11H11N.C8H12/c1-10-4-6-11(7-5-10)12-8-2-3-9-12;1-3-5-7-8-6-4-2/h2-9H,1H3;3,5-8H,1,4H2,2H3/b;7-5-,8-6-. The lowest BCUT2D eigenvalue weighted by atomic mass is 10.2. The minimum Gasteiger partial charge on any atom is -0.324 e. The highest BCUT2D eigenvalue weighted by molar-refractivity contribution is 5.34. The quantitative estimate of drug-likeness (QED) is 0.645. The Morgan fingerprint density at radius 1 is 1.00 bits per heavy atom. The highest BCUT2D eigenvalue weighted by Crippen LogP contribution is 2.08. The van der Waals surface area contributed by atoms with Crippen molar-refractivity contribution in [3.63, 3.8) is 0 Å². The van der Waals surface area contributed by atoms with Crippen molar-refractivity contribution in [3.05, 3.63) is 91.3 Å². The first-order valence-corrected chi connectivity index (χ1v) is 6.92. The molecule has 0 radical (unpaired) electrons. The Morgan fingerprint density at radius 2 is 1.65 bits per heavy atom. The number of nitrogens with zero attached hydrogens (tertiary/aromatic N) is 1. The Bertz CT molecular complexity index is 528. The lowest BCUT2D eigenvalue weighted by Crippen LogP contribution is -1.88. The summed E-state index contributed by atoms with van der Waals surface area (Å²) in [4.78, 5) is 0. The van der Waals surface area contributed by atoms with Crippen LogP contribution >= 0.6 is 0 Å². The average molecular weight is 265 g/mol. The third-order valence-corrected chi connectivity index (χ3v) is 2.67. The SMILES string of the molecule is C=C/C=C\C=C/CC.Cc1ccc(-n2cccc2)cc1. The van der Waals surface area contributed by atoms with E-state index < -0.39 is 0 Å². The third kappa shape index (κ3) is 6.05. The number of rotatable bonds is 4. The summed E-state index contributed by atoms with van der Waals surface area (Å²) in [6.07, 6.45) is 14.9. The number of hydrogen-bond acceptors (Lipinski definition) is 0. The van der Waals surface area contributed by atoms with Crippen LogP contribution in [0.1, 0.15) is 18.9 Å². The van der Waals surface area contributed by atoms with Gasteiger partial charge >= 0.3 is 0 Å². The van der Waals surface area contributed by atoms with Crippen molar-refractivity contribution >= 4 is 0 Å². The average Bonchev–Trinajstić information content (AvgIpc) is 2.99. The first-order chi connectivity index (χ1) is 9.77. The van der Waals surface area contributed by atoms with Gasteiger partial charge in [-0.25, -0.2) is 0 Å². The molecule has 1 heterocycles. The predicted molar refractivity (Wildman–Crippen MR) is 89.3 cm³/mol. The Balaban J connectivity index is 0.000000221. The normalized spacial score (nSPS) is 10.5. The van der Waals surface area contributed by atoms with Gasteiger partial charge in [0.1, 0.15) is 0 Å².